The number of carbonyl (C=O) groups is 1. The minimum Gasteiger partial charge on any atom is -0.462 e. The highest BCUT2D eigenvalue weighted by Gasteiger charge is 2.08. The Kier molecular flexibility index (Phi) is 3.33. The average Bonchev–Trinajstić information content (AvgIpc) is 2.30. The van der Waals surface area contributed by atoms with Crippen molar-refractivity contribution in [3.8, 4) is 0 Å². The van der Waals surface area contributed by atoms with Gasteiger partial charge in [0.05, 0.1) is 17.7 Å². The van der Waals surface area contributed by atoms with Crippen LogP contribution >= 0.6 is 12.6 Å². The number of esters is 1. The number of ether oxygens (including phenoxy) is 1. The number of rotatable bonds is 2. The van der Waals surface area contributed by atoms with E-state index in [0.717, 1.165) is 21.4 Å². The first-order valence-corrected chi connectivity index (χ1v) is 5.83. The van der Waals surface area contributed by atoms with Crippen LogP contribution in [0.4, 0.5) is 0 Å². The third-order valence-corrected chi connectivity index (χ3v) is 2.99. The zero-order valence-corrected chi connectivity index (χ0v) is 10.6. The van der Waals surface area contributed by atoms with Crippen molar-refractivity contribution in [1.29, 1.82) is 0 Å². The molecule has 0 atom stereocenters. The molecule has 0 aliphatic heterocycles. The molecule has 0 saturated carbocycles. The lowest BCUT2D eigenvalue weighted by molar-refractivity contribution is 0.0526. The lowest BCUT2D eigenvalue weighted by Crippen LogP contribution is -2.05. The Hall–Kier alpha value is -1.55. The summed E-state index contributed by atoms with van der Waals surface area (Å²) in [7, 11) is 0. The lowest BCUT2D eigenvalue weighted by Gasteiger charge is -2.05. The molecular formula is C13H13NO2S. The molecule has 1 aromatic carbocycles. The first-order chi connectivity index (χ1) is 8.11. The summed E-state index contributed by atoms with van der Waals surface area (Å²) in [6, 6.07) is 5.65. The zero-order chi connectivity index (χ0) is 12.4. The van der Waals surface area contributed by atoms with Crippen molar-refractivity contribution in [2.75, 3.05) is 6.61 Å². The van der Waals surface area contributed by atoms with Crippen molar-refractivity contribution in [2.24, 2.45) is 0 Å². The molecule has 0 saturated heterocycles. The van der Waals surface area contributed by atoms with Gasteiger partial charge < -0.3 is 4.74 Å². The predicted octanol–water partition coefficient (Wildman–Crippen LogP) is 3.01. The van der Waals surface area contributed by atoms with E-state index < -0.39 is 0 Å². The number of nitrogens with zero attached hydrogens (tertiary/aromatic N) is 1. The molecule has 0 unspecified atom stereocenters. The van der Waals surface area contributed by atoms with Gasteiger partial charge >= 0.3 is 5.97 Å². The van der Waals surface area contributed by atoms with Crippen LogP contribution in [-0.2, 0) is 4.74 Å². The van der Waals surface area contributed by atoms with E-state index >= 15 is 0 Å². The summed E-state index contributed by atoms with van der Waals surface area (Å²) in [5, 5.41) is 0.922. The van der Waals surface area contributed by atoms with Crippen LogP contribution in [-0.4, -0.2) is 17.6 Å². The van der Waals surface area contributed by atoms with Crippen LogP contribution in [0.3, 0.4) is 0 Å². The maximum Gasteiger partial charge on any atom is 0.339 e. The zero-order valence-electron chi connectivity index (χ0n) is 9.73. The summed E-state index contributed by atoms with van der Waals surface area (Å²) in [5.74, 6) is -0.338. The summed E-state index contributed by atoms with van der Waals surface area (Å²) in [5.41, 5.74) is 2.36. The standard InChI is InChI=1S/C13H13NO2S/c1-3-16-13(15)10-5-9-4-8(2)12(17)6-11(9)14-7-10/h4-7,17H,3H2,1-2H3. The monoisotopic (exact) mass is 247 g/mol. The van der Waals surface area contributed by atoms with E-state index in [1.807, 2.05) is 19.1 Å². The third-order valence-electron chi connectivity index (χ3n) is 2.51. The number of hydrogen-bond donors (Lipinski definition) is 1. The maximum absolute atomic E-state index is 11.6. The Balaban J connectivity index is 2.50. The first-order valence-electron chi connectivity index (χ1n) is 5.38. The van der Waals surface area contributed by atoms with Crippen molar-refractivity contribution in [3.63, 3.8) is 0 Å². The summed E-state index contributed by atoms with van der Waals surface area (Å²) >= 11 is 4.34. The minimum atomic E-state index is -0.338. The summed E-state index contributed by atoms with van der Waals surface area (Å²) < 4.78 is 4.94. The average molecular weight is 247 g/mol. The summed E-state index contributed by atoms with van der Waals surface area (Å²) in [6.07, 6.45) is 1.53. The molecule has 0 N–H and O–H groups in total. The predicted molar refractivity (Wildman–Crippen MR) is 69.7 cm³/mol. The molecule has 1 heterocycles. The van der Waals surface area contributed by atoms with Crippen LogP contribution in [0.25, 0.3) is 10.9 Å². The minimum absolute atomic E-state index is 0.338. The smallest absolute Gasteiger partial charge is 0.339 e. The molecule has 2 rings (SSSR count). The summed E-state index contributed by atoms with van der Waals surface area (Å²) in [6.45, 7) is 4.12. The van der Waals surface area contributed by atoms with Gasteiger partial charge in [0.25, 0.3) is 0 Å². The molecule has 4 heteroatoms. The molecule has 0 amide bonds. The van der Waals surface area contributed by atoms with E-state index in [0.29, 0.717) is 12.2 Å². The van der Waals surface area contributed by atoms with Gasteiger partial charge in [-0.3, -0.25) is 4.98 Å². The highest BCUT2D eigenvalue weighted by Crippen LogP contribution is 2.21. The van der Waals surface area contributed by atoms with Gasteiger partial charge in [0.1, 0.15) is 0 Å². The summed E-state index contributed by atoms with van der Waals surface area (Å²) in [4.78, 5) is 16.7. The number of carbonyl (C=O) groups excluding carboxylic acids is 1. The Bertz CT molecular complexity index is 581. The SMILES string of the molecule is CCOC(=O)c1cnc2cc(S)c(C)cc2c1. The fourth-order valence-electron chi connectivity index (χ4n) is 1.61. The van der Waals surface area contributed by atoms with Crippen molar-refractivity contribution in [2.45, 2.75) is 18.7 Å². The van der Waals surface area contributed by atoms with Gasteiger partial charge in [-0.15, -0.1) is 12.6 Å². The van der Waals surface area contributed by atoms with Gasteiger partial charge in [0, 0.05) is 16.5 Å². The molecule has 1 aromatic heterocycles. The number of fused-ring (bicyclic) bond motifs is 1. The Morgan fingerprint density at radius 3 is 2.88 bits per heavy atom. The fourth-order valence-corrected chi connectivity index (χ4v) is 1.79. The Labute approximate surface area is 105 Å². The van der Waals surface area contributed by atoms with Crippen LogP contribution in [0.15, 0.2) is 29.3 Å². The fraction of sp³-hybridized carbons (Fsp3) is 0.231. The van der Waals surface area contributed by atoms with Crippen molar-refractivity contribution >= 4 is 29.5 Å². The third kappa shape index (κ3) is 2.42. The molecule has 0 radical (unpaired) electrons. The topological polar surface area (TPSA) is 39.2 Å². The number of aryl methyl sites for hydroxylation is 1. The molecule has 0 aliphatic carbocycles. The Morgan fingerprint density at radius 2 is 2.18 bits per heavy atom. The molecular weight excluding hydrogens is 234 g/mol. The lowest BCUT2D eigenvalue weighted by atomic mass is 10.1. The number of thiol groups is 1. The van der Waals surface area contributed by atoms with Crippen molar-refractivity contribution in [1.82, 2.24) is 4.98 Å². The van der Waals surface area contributed by atoms with Gasteiger partial charge in [-0.05, 0) is 37.6 Å². The van der Waals surface area contributed by atoms with Crippen LogP contribution < -0.4 is 0 Å². The molecule has 0 fully saturated rings. The molecule has 3 nitrogen and oxygen atoms in total. The van der Waals surface area contributed by atoms with Crippen molar-refractivity contribution in [3.05, 3.63) is 35.5 Å². The van der Waals surface area contributed by atoms with Gasteiger partial charge in [0.2, 0.25) is 0 Å². The van der Waals surface area contributed by atoms with E-state index in [2.05, 4.69) is 17.6 Å². The van der Waals surface area contributed by atoms with E-state index in [9.17, 15) is 4.79 Å². The van der Waals surface area contributed by atoms with E-state index in [1.165, 1.54) is 6.20 Å². The molecule has 2 aromatic rings. The van der Waals surface area contributed by atoms with Gasteiger partial charge in [-0.1, -0.05) is 0 Å². The normalized spacial score (nSPS) is 10.5. The largest absolute Gasteiger partial charge is 0.462 e. The van der Waals surface area contributed by atoms with Crippen LogP contribution in [0.1, 0.15) is 22.8 Å². The number of aromatic nitrogens is 1. The van der Waals surface area contributed by atoms with Crippen LogP contribution in [0.5, 0.6) is 0 Å². The molecule has 17 heavy (non-hydrogen) atoms. The molecule has 88 valence electrons. The second-order valence-corrected chi connectivity index (χ2v) is 4.26. The number of benzene rings is 1. The number of pyridine rings is 1. The Morgan fingerprint density at radius 1 is 1.41 bits per heavy atom. The van der Waals surface area contributed by atoms with Gasteiger partial charge in [0.15, 0.2) is 0 Å². The first kappa shape index (κ1) is 11.9. The highest BCUT2D eigenvalue weighted by atomic mass is 32.1. The highest BCUT2D eigenvalue weighted by molar-refractivity contribution is 7.80. The molecule has 0 aliphatic rings. The van der Waals surface area contributed by atoms with Crippen LogP contribution in [0, 0.1) is 6.92 Å². The molecule has 0 bridgehead atoms. The second-order valence-electron chi connectivity index (χ2n) is 3.78. The van der Waals surface area contributed by atoms with Crippen LogP contribution in [0.2, 0.25) is 0 Å². The number of hydrogen-bond acceptors (Lipinski definition) is 4. The van der Waals surface area contributed by atoms with Gasteiger partial charge in [-0.2, -0.15) is 0 Å². The maximum atomic E-state index is 11.6. The van der Waals surface area contributed by atoms with E-state index in [4.69, 9.17) is 4.74 Å². The second kappa shape index (κ2) is 4.75. The van der Waals surface area contributed by atoms with E-state index in [-0.39, 0.29) is 5.97 Å². The van der Waals surface area contributed by atoms with E-state index in [1.54, 1.807) is 13.0 Å². The quantitative estimate of drug-likeness (QED) is 0.655. The molecule has 0 spiro atoms. The van der Waals surface area contributed by atoms with Crippen molar-refractivity contribution < 1.29 is 9.53 Å². The van der Waals surface area contributed by atoms with Gasteiger partial charge in [-0.25, -0.2) is 4.79 Å².